The van der Waals surface area contributed by atoms with Crippen molar-refractivity contribution in [3.05, 3.63) is 35.8 Å². The molecule has 0 bridgehead atoms. The van der Waals surface area contributed by atoms with Crippen LogP contribution in [0.5, 0.6) is 0 Å². The summed E-state index contributed by atoms with van der Waals surface area (Å²) in [7, 11) is 0. The zero-order chi connectivity index (χ0) is 11.5. The van der Waals surface area contributed by atoms with Gasteiger partial charge in [-0.1, -0.05) is 19.1 Å². The van der Waals surface area contributed by atoms with Crippen LogP contribution in [0.3, 0.4) is 0 Å². The van der Waals surface area contributed by atoms with Crippen LogP contribution in [0.4, 0.5) is 4.39 Å². The number of halogens is 1. The van der Waals surface area contributed by atoms with Gasteiger partial charge in [0.1, 0.15) is 5.58 Å². The second-order valence-electron chi connectivity index (χ2n) is 4.09. The lowest BCUT2D eigenvalue weighted by Crippen LogP contribution is -2.27. The topological polar surface area (TPSA) is 25.2 Å². The van der Waals surface area contributed by atoms with Gasteiger partial charge in [-0.05, 0) is 31.5 Å². The molecular formula is C13H16FNO. The Morgan fingerprint density at radius 1 is 1.38 bits per heavy atom. The summed E-state index contributed by atoms with van der Waals surface area (Å²) in [6.45, 7) is 5.18. The first-order valence-electron chi connectivity index (χ1n) is 5.60. The highest BCUT2D eigenvalue weighted by Gasteiger charge is 2.06. The van der Waals surface area contributed by atoms with Gasteiger partial charge in [-0.3, -0.25) is 0 Å². The minimum atomic E-state index is -0.521. The molecule has 1 aromatic heterocycles. The average Bonchev–Trinajstić information content (AvgIpc) is 2.57. The van der Waals surface area contributed by atoms with Gasteiger partial charge in [0.05, 0.1) is 0 Å². The van der Waals surface area contributed by atoms with Gasteiger partial charge in [0, 0.05) is 17.5 Å². The fraction of sp³-hybridized carbons (Fsp3) is 0.385. The minimum Gasteiger partial charge on any atom is -0.431 e. The van der Waals surface area contributed by atoms with E-state index in [1.54, 1.807) is 0 Å². The summed E-state index contributed by atoms with van der Waals surface area (Å²) < 4.78 is 17.8. The molecule has 0 unspecified atom stereocenters. The van der Waals surface area contributed by atoms with Crippen molar-refractivity contribution < 1.29 is 8.81 Å². The first-order chi connectivity index (χ1) is 7.69. The molecule has 1 atom stereocenters. The highest BCUT2D eigenvalue weighted by Crippen LogP contribution is 2.20. The molecule has 1 aromatic carbocycles. The second kappa shape index (κ2) is 4.66. The minimum absolute atomic E-state index is 0.419. The third-order valence-electron chi connectivity index (χ3n) is 2.65. The third-order valence-corrected chi connectivity index (χ3v) is 2.65. The molecule has 2 aromatic rings. The zero-order valence-corrected chi connectivity index (χ0v) is 9.59. The number of furan rings is 1. The van der Waals surface area contributed by atoms with Gasteiger partial charge < -0.3 is 9.73 Å². The molecule has 0 radical (unpaired) electrons. The van der Waals surface area contributed by atoms with Gasteiger partial charge in [-0.15, -0.1) is 0 Å². The standard InChI is InChI=1S/C13H16FNO/c1-3-15-9(2)6-10-4-5-11-8-13(14)16-12(11)7-10/h4-5,7-9,15H,3,6H2,1-2H3/t9-/m1/s1. The lowest BCUT2D eigenvalue weighted by Gasteiger charge is -2.11. The summed E-state index contributed by atoms with van der Waals surface area (Å²) in [6, 6.07) is 7.13. The second-order valence-corrected chi connectivity index (χ2v) is 4.09. The molecule has 0 saturated carbocycles. The smallest absolute Gasteiger partial charge is 0.278 e. The molecule has 1 N–H and O–H groups in total. The molecule has 3 heteroatoms. The van der Waals surface area contributed by atoms with Gasteiger partial charge in [0.15, 0.2) is 0 Å². The van der Waals surface area contributed by atoms with Crippen molar-refractivity contribution in [1.29, 1.82) is 0 Å². The largest absolute Gasteiger partial charge is 0.431 e. The molecule has 0 aliphatic heterocycles. The van der Waals surface area contributed by atoms with E-state index in [9.17, 15) is 4.39 Å². The maximum atomic E-state index is 12.9. The molecular weight excluding hydrogens is 205 g/mol. The molecule has 0 amide bonds. The van der Waals surface area contributed by atoms with Crippen LogP contribution in [0, 0.1) is 6.01 Å². The van der Waals surface area contributed by atoms with Gasteiger partial charge in [-0.25, -0.2) is 0 Å². The van der Waals surface area contributed by atoms with Crippen molar-refractivity contribution in [3.8, 4) is 0 Å². The number of fused-ring (bicyclic) bond motifs is 1. The van der Waals surface area contributed by atoms with Crippen LogP contribution in [-0.2, 0) is 6.42 Å². The van der Waals surface area contributed by atoms with Crippen molar-refractivity contribution in [2.24, 2.45) is 0 Å². The number of nitrogens with one attached hydrogen (secondary N) is 1. The quantitative estimate of drug-likeness (QED) is 0.858. The zero-order valence-electron chi connectivity index (χ0n) is 9.59. The summed E-state index contributed by atoms with van der Waals surface area (Å²) in [5, 5.41) is 4.16. The van der Waals surface area contributed by atoms with E-state index in [-0.39, 0.29) is 0 Å². The lowest BCUT2D eigenvalue weighted by atomic mass is 10.1. The summed E-state index contributed by atoms with van der Waals surface area (Å²) in [5.74, 6) is 0. The van der Waals surface area contributed by atoms with Crippen molar-refractivity contribution >= 4 is 11.0 Å². The van der Waals surface area contributed by atoms with Crippen molar-refractivity contribution in [2.45, 2.75) is 26.3 Å². The normalized spacial score (nSPS) is 13.2. The molecule has 0 aliphatic rings. The third kappa shape index (κ3) is 2.42. The highest BCUT2D eigenvalue weighted by molar-refractivity contribution is 5.77. The van der Waals surface area contributed by atoms with E-state index in [0.717, 1.165) is 23.9 Å². The van der Waals surface area contributed by atoms with E-state index in [1.807, 2.05) is 18.2 Å². The van der Waals surface area contributed by atoms with Crippen LogP contribution in [0.1, 0.15) is 19.4 Å². The number of likely N-dealkylation sites (N-methyl/N-ethyl adjacent to an activating group) is 1. The SMILES string of the molecule is CCN[C@H](C)Cc1ccc2cc(F)oc2c1. The number of hydrogen-bond donors (Lipinski definition) is 1. The van der Waals surface area contributed by atoms with Crippen LogP contribution in [-0.4, -0.2) is 12.6 Å². The van der Waals surface area contributed by atoms with Gasteiger partial charge in [0.2, 0.25) is 0 Å². The van der Waals surface area contributed by atoms with E-state index in [1.165, 1.54) is 6.07 Å². The Hall–Kier alpha value is -1.35. The summed E-state index contributed by atoms with van der Waals surface area (Å²) in [6.07, 6.45) is 0.923. The number of benzene rings is 1. The molecule has 2 nitrogen and oxygen atoms in total. The maximum absolute atomic E-state index is 12.9. The Labute approximate surface area is 94.4 Å². The van der Waals surface area contributed by atoms with Gasteiger partial charge >= 0.3 is 0 Å². The van der Waals surface area contributed by atoms with Crippen LogP contribution < -0.4 is 5.32 Å². The van der Waals surface area contributed by atoms with E-state index in [0.29, 0.717) is 11.6 Å². The molecule has 0 fully saturated rings. The highest BCUT2D eigenvalue weighted by atomic mass is 19.1. The Morgan fingerprint density at radius 2 is 2.19 bits per heavy atom. The van der Waals surface area contributed by atoms with E-state index >= 15 is 0 Å². The molecule has 2 rings (SSSR count). The average molecular weight is 221 g/mol. The Morgan fingerprint density at radius 3 is 2.94 bits per heavy atom. The monoisotopic (exact) mass is 221 g/mol. The Bertz CT molecular complexity index is 478. The van der Waals surface area contributed by atoms with Crippen molar-refractivity contribution in [3.63, 3.8) is 0 Å². The fourth-order valence-corrected chi connectivity index (χ4v) is 1.94. The molecule has 86 valence electrons. The summed E-state index contributed by atoms with van der Waals surface area (Å²) >= 11 is 0. The van der Waals surface area contributed by atoms with Crippen molar-refractivity contribution in [2.75, 3.05) is 6.54 Å². The molecule has 1 heterocycles. The van der Waals surface area contributed by atoms with Crippen LogP contribution in [0.2, 0.25) is 0 Å². The van der Waals surface area contributed by atoms with Gasteiger partial charge in [-0.2, -0.15) is 4.39 Å². The predicted octanol–water partition coefficient (Wildman–Crippen LogP) is 3.11. The number of rotatable bonds is 4. The lowest BCUT2D eigenvalue weighted by molar-refractivity contribution is 0.381. The van der Waals surface area contributed by atoms with Crippen LogP contribution in [0.25, 0.3) is 11.0 Å². The first-order valence-corrected chi connectivity index (χ1v) is 5.60. The fourth-order valence-electron chi connectivity index (χ4n) is 1.94. The number of hydrogen-bond acceptors (Lipinski definition) is 2. The first kappa shape index (κ1) is 11.1. The molecule has 0 spiro atoms. The maximum Gasteiger partial charge on any atom is 0.278 e. The van der Waals surface area contributed by atoms with Crippen molar-refractivity contribution in [1.82, 2.24) is 5.32 Å². The van der Waals surface area contributed by atoms with E-state index in [2.05, 4.69) is 19.2 Å². The summed E-state index contributed by atoms with van der Waals surface area (Å²) in [5.41, 5.74) is 1.79. The van der Waals surface area contributed by atoms with E-state index < -0.39 is 6.01 Å². The summed E-state index contributed by atoms with van der Waals surface area (Å²) in [4.78, 5) is 0. The Balaban J connectivity index is 2.18. The predicted molar refractivity (Wildman–Crippen MR) is 63.0 cm³/mol. The molecule has 0 aliphatic carbocycles. The van der Waals surface area contributed by atoms with E-state index in [4.69, 9.17) is 4.42 Å². The Kier molecular flexibility index (Phi) is 3.25. The van der Waals surface area contributed by atoms with Gasteiger partial charge in [0.25, 0.3) is 6.01 Å². The molecule has 16 heavy (non-hydrogen) atoms. The van der Waals surface area contributed by atoms with Crippen LogP contribution >= 0.6 is 0 Å². The van der Waals surface area contributed by atoms with Crippen LogP contribution in [0.15, 0.2) is 28.7 Å². The molecule has 0 saturated heterocycles.